The number of carbonyl (C=O) groups excluding carboxylic acids is 1. The van der Waals surface area contributed by atoms with Crippen molar-refractivity contribution >= 4 is 29.1 Å². The summed E-state index contributed by atoms with van der Waals surface area (Å²) in [6.45, 7) is 4.55. The van der Waals surface area contributed by atoms with Crippen molar-refractivity contribution in [1.29, 1.82) is 5.41 Å². The zero-order valence-corrected chi connectivity index (χ0v) is 23.5. The minimum atomic E-state index is -1.15. The van der Waals surface area contributed by atoms with Crippen LogP contribution in [0.1, 0.15) is 19.4 Å². The molecule has 43 heavy (non-hydrogen) atoms. The molecule has 13 nitrogen and oxygen atoms in total. The number of guanidine groups is 1. The number of aromatic nitrogens is 1. The Balaban J connectivity index is 1.72. The number of phenols is 1. The molecule has 1 saturated heterocycles. The van der Waals surface area contributed by atoms with Crippen molar-refractivity contribution in [2.24, 2.45) is 22.2 Å². The van der Waals surface area contributed by atoms with Gasteiger partial charge in [-0.1, -0.05) is 6.07 Å². The lowest BCUT2D eigenvalue weighted by molar-refractivity contribution is -0.149. The summed E-state index contributed by atoms with van der Waals surface area (Å²) in [7, 11) is 0. The van der Waals surface area contributed by atoms with E-state index in [4.69, 9.17) is 36.8 Å². The molecule has 1 aliphatic heterocycles. The van der Waals surface area contributed by atoms with E-state index in [1.165, 1.54) is 35.2 Å². The quantitative estimate of drug-likeness (QED) is 0.131. The molecule has 1 aliphatic rings. The standard InChI is InChI=1S/C28H32F2N8O5/c1-3-41-27(40)15(2)37-9-11-38(12-10-37)23-21(29)25(42-18-6-4-5-17(14-18)35-28(33)34)36-26(22(23)30)43-20-13-16(24(31)32)7-8-19(20)39/h4-8,13-15,39H,3,9-12H2,1-2H3,(H3,31,32)(H4,33,34,35). The van der Waals surface area contributed by atoms with E-state index < -0.39 is 40.9 Å². The molecule has 2 aromatic carbocycles. The number of ether oxygens (including phenoxy) is 3. The van der Waals surface area contributed by atoms with Crippen LogP contribution in [0.5, 0.6) is 29.0 Å². The van der Waals surface area contributed by atoms with Crippen LogP contribution in [0.2, 0.25) is 0 Å². The third-order valence-corrected chi connectivity index (χ3v) is 6.57. The first-order valence-corrected chi connectivity index (χ1v) is 13.3. The number of nitrogens with zero attached hydrogens (tertiary/aromatic N) is 4. The second-order valence-corrected chi connectivity index (χ2v) is 9.48. The number of aromatic hydroxyl groups is 1. The van der Waals surface area contributed by atoms with Gasteiger partial charge in [-0.2, -0.15) is 13.8 Å². The summed E-state index contributed by atoms with van der Waals surface area (Å²) in [5.41, 5.74) is 16.5. The maximum atomic E-state index is 16.0. The molecule has 1 atom stereocenters. The van der Waals surface area contributed by atoms with Gasteiger partial charge in [-0.3, -0.25) is 15.1 Å². The van der Waals surface area contributed by atoms with Crippen molar-refractivity contribution in [3.8, 4) is 29.0 Å². The molecular weight excluding hydrogens is 566 g/mol. The zero-order valence-electron chi connectivity index (χ0n) is 23.5. The van der Waals surface area contributed by atoms with E-state index in [0.717, 1.165) is 0 Å². The molecule has 1 fully saturated rings. The number of halogens is 2. The number of anilines is 1. The Kier molecular flexibility index (Phi) is 9.45. The van der Waals surface area contributed by atoms with Crippen LogP contribution in [0.25, 0.3) is 0 Å². The molecule has 0 saturated carbocycles. The van der Waals surface area contributed by atoms with Gasteiger partial charge >= 0.3 is 5.97 Å². The summed E-state index contributed by atoms with van der Waals surface area (Å²) in [4.78, 5) is 23.4. The first-order chi connectivity index (χ1) is 20.5. The first-order valence-electron chi connectivity index (χ1n) is 13.3. The van der Waals surface area contributed by atoms with Gasteiger partial charge in [-0.15, -0.1) is 0 Å². The molecule has 15 heteroatoms. The summed E-state index contributed by atoms with van der Waals surface area (Å²) < 4.78 is 48.4. The molecule has 228 valence electrons. The van der Waals surface area contributed by atoms with E-state index in [2.05, 4.69) is 9.98 Å². The largest absolute Gasteiger partial charge is 0.504 e. The van der Waals surface area contributed by atoms with Crippen LogP contribution < -0.4 is 31.6 Å². The van der Waals surface area contributed by atoms with Crippen LogP contribution in [-0.4, -0.2) is 71.6 Å². The summed E-state index contributed by atoms with van der Waals surface area (Å²) in [6.07, 6.45) is 0. The minimum Gasteiger partial charge on any atom is -0.504 e. The van der Waals surface area contributed by atoms with Crippen molar-refractivity contribution in [1.82, 2.24) is 9.88 Å². The fourth-order valence-corrected chi connectivity index (χ4v) is 4.39. The number of hydrogen-bond donors (Lipinski definition) is 5. The fourth-order valence-electron chi connectivity index (χ4n) is 4.39. The number of nitrogen functional groups attached to an aromatic ring is 1. The Labute approximate surface area is 246 Å². The number of phenolic OH excluding ortho intramolecular Hbond substituents is 1. The van der Waals surface area contributed by atoms with Gasteiger partial charge in [-0.25, -0.2) is 4.99 Å². The van der Waals surface area contributed by atoms with Crippen LogP contribution in [-0.2, 0) is 9.53 Å². The molecule has 0 bridgehead atoms. The van der Waals surface area contributed by atoms with E-state index >= 15 is 8.78 Å². The van der Waals surface area contributed by atoms with Gasteiger partial charge in [0.2, 0.25) is 11.6 Å². The van der Waals surface area contributed by atoms with E-state index in [0.29, 0.717) is 18.8 Å². The van der Waals surface area contributed by atoms with E-state index in [9.17, 15) is 9.90 Å². The normalized spacial score (nSPS) is 14.1. The third kappa shape index (κ3) is 7.19. The molecule has 0 radical (unpaired) electrons. The van der Waals surface area contributed by atoms with Crippen LogP contribution in [0.3, 0.4) is 0 Å². The predicted molar refractivity (Wildman–Crippen MR) is 155 cm³/mol. The second kappa shape index (κ2) is 13.2. The highest BCUT2D eigenvalue weighted by atomic mass is 19.1. The predicted octanol–water partition coefficient (Wildman–Crippen LogP) is 2.91. The first kappa shape index (κ1) is 30.8. The van der Waals surface area contributed by atoms with E-state index in [1.807, 2.05) is 4.90 Å². The van der Waals surface area contributed by atoms with Crippen molar-refractivity contribution in [3.63, 3.8) is 0 Å². The summed E-state index contributed by atoms with van der Waals surface area (Å²) in [6, 6.07) is 9.33. The number of nitrogens with one attached hydrogen (secondary N) is 1. The maximum absolute atomic E-state index is 16.0. The Morgan fingerprint density at radius 3 is 2.37 bits per heavy atom. The maximum Gasteiger partial charge on any atom is 0.323 e. The number of esters is 1. The molecule has 8 N–H and O–H groups in total. The Morgan fingerprint density at radius 2 is 1.74 bits per heavy atom. The molecule has 1 aromatic heterocycles. The number of benzene rings is 2. The lowest BCUT2D eigenvalue weighted by Crippen LogP contribution is -2.52. The minimum absolute atomic E-state index is 0.0897. The van der Waals surface area contributed by atoms with Gasteiger partial charge in [0.1, 0.15) is 23.3 Å². The molecule has 2 heterocycles. The fraction of sp³-hybridized carbons (Fsp3) is 0.286. The van der Waals surface area contributed by atoms with Crippen LogP contribution in [0.15, 0.2) is 47.5 Å². The number of amidine groups is 1. The van der Waals surface area contributed by atoms with Crippen molar-refractivity contribution < 1.29 is 32.9 Å². The van der Waals surface area contributed by atoms with Gasteiger partial charge in [0, 0.05) is 37.8 Å². The highest BCUT2D eigenvalue weighted by Gasteiger charge is 2.32. The van der Waals surface area contributed by atoms with Gasteiger partial charge in [0.25, 0.3) is 11.8 Å². The van der Waals surface area contributed by atoms with Crippen LogP contribution in [0, 0.1) is 17.0 Å². The molecule has 0 spiro atoms. The topological polar surface area (TPSA) is 199 Å². The number of pyridine rings is 1. The molecule has 4 rings (SSSR count). The van der Waals surface area contributed by atoms with Crippen molar-refractivity contribution in [2.45, 2.75) is 19.9 Å². The van der Waals surface area contributed by atoms with Crippen LogP contribution >= 0.6 is 0 Å². The SMILES string of the molecule is CCOC(=O)C(C)N1CCN(c2c(F)c(Oc3cccc(N=C(N)N)c3)nc(Oc3cc(C(=N)N)ccc3O)c2F)CC1. The highest BCUT2D eigenvalue weighted by molar-refractivity contribution is 5.95. The Morgan fingerprint density at radius 1 is 1.07 bits per heavy atom. The molecule has 0 aliphatic carbocycles. The average Bonchev–Trinajstić information content (AvgIpc) is 2.96. The number of carbonyl (C=O) groups is 1. The zero-order chi connectivity index (χ0) is 31.3. The van der Waals surface area contributed by atoms with Crippen molar-refractivity contribution in [2.75, 3.05) is 37.7 Å². The van der Waals surface area contributed by atoms with E-state index in [1.54, 1.807) is 26.0 Å². The van der Waals surface area contributed by atoms with Crippen molar-refractivity contribution in [3.05, 3.63) is 59.7 Å². The Bertz CT molecular complexity index is 1540. The monoisotopic (exact) mass is 598 g/mol. The number of piperazine rings is 1. The van der Waals surface area contributed by atoms with E-state index in [-0.39, 0.29) is 54.5 Å². The van der Waals surface area contributed by atoms with Gasteiger partial charge in [0.05, 0.1) is 12.3 Å². The lowest BCUT2D eigenvalue weighted by atomic mass is 10.2. The van der Waals surface area contributed by atoms with Gasteiger partial charge < -0.3 is 41.4 Å². The van der Waals surface area contributed by atoms with Gasteiger partial charge in [-0.05, 0) is 44.2 Å². The number of rotatable bonds is 10. The smallest absolute Gasteiger partial charge is 0.323 e. The lowest BCUT2D eigenvalue weighted by Gasteiger charge is -2.38. The molecule has 1 unspecified atom stereocenters. The highest BCUT2D eigenvalue weighted by Crippen LogP contribution is 2.40. The average molecular weight is 599 g/mol. The summed E-state index contributed by atoms with van der Waals surface area (Å²) in [5.74, 6) is -5.09. The number of nitrogens with two attached hydrogens (primary N) is 3. The van der Waals surface area contributed by atoms with Gasteiger partial charge in [0.15, 0.2) is 17.5 Å². The third-order valence-electron chi connectivity index (χ3n) is 6.57. The number of hydrogen-bond acceptors (Lipinski definition) is 10. The Hall–Kier alpha value is -5.18. The molecular formula is C28H32F2N8O5. The summed E-state index contributed by atoms with van der Waals surface area (Å²) in [5, 5.41) is 18.0. The second-order valence-electron chi connectivity index (χ2n) is 9.48. The molecule has 3 aromatic rings. The summed E-state index contributed by atoms with van der Waals surface area (Å²) >= 11 is 0. The van der Waals surface area contributed by atoms with Crippen LogP contribution in [0.4, 0.5) is 20.2 Å². The number of aliphatic imine (C=N–C) groups is 1. The molecule has 0 amide bonds.